The zero-order valence-corrected chi connectivity index (χ0v) is 28.6. The zero-order chi connectivity index (χ0) is 26.0. The van der Waals surface area contributed by atoms with Crippen molar-refractivity contribution in [1.29, 1.82) is 0 Å². The Bertz CT molecular complexity index is 464. The van der Waals surface area contributed by atoms with Gasteiger partial charge in [-0.1, -0.05) is 123 Å². The fraction of sp³-hybridized carbons (Fsp3) is 0.857. The van der Waals surface area contributed by atoms with Crippen LogP contribution in [0.1, 0.15) is 83.1 Å². The van der Waals surface area contributed by atoms with Gasteiger partial charge in [-0.3, -0.25) is 0 Å². The standard InChI is InChI=1S/2C14H30NP.Pd/c2*1-13(2,3)16(14(4,5)6)12-10-9-11-15(7)8;/h2*9-10H,11-12H2,1-8H3;. The molecule has 0 heterocycles. The van der Waals surface area contributed by atoms with E-state index in [9.17, 15) is 0 Å². The largest absolute Gasteiger partial charge is 0.306 e. The quantitative estimate of drug-likeness (QED) is 0.159. The minimum absolute atomic E-state index is 0. The molecule has 0 amide bonds. The molecular weight excluding hydrogens is 533 g/mol. The molecule has 0 radical (unpaired) electrons. The molecule has 0 bridgehead atoms. The van der Waals surface area contributed by atoms with Crippen molar-refractivity contribution in [3.63, 3.8) is 0 Å². The second kappa shape index (κ2) is 16.6. The van der Waals surface area contributed by atoms with Gasteiger partial charge in [0.1, 0.15) is 0 Å². The van der Waals surface area contributed by atoms with Crippen molar-refractivity contribution in [2.45, 2.75) is 104 Å². The first-order chi connectivity index (χ1) is 14.1. The predicted molar refractivity (Wildman–Crippen MR) is 158 cm³/mol. The van der Waals surface area contributed by atoms with Crippen molar-refractivity contribution >= 4 is 15.8 Å². The van der Waals surface area contributed by atoms with Crippen molar-refractivity contribution in [3.8, 4) is 0 Å². The van der Waals surface area contributed by atoms with Crippen LogP contribution in [0, 0.1) is 0 Å². The first-order valence-corrected chi connectivity index (χ1v) is 15.3. The van der Waals surface area contributed by atoms with E-state index in [-0.39, 0.29) is 36.3 Å². The summed E-state index contributed by atoms with van der Waals surface area (Å²) in [5.74, 6) is 0. The predicted octanol–water partition coefficient (Wildman–Crippen LogP) is 8.36. The van der Waals surface area contributed by atoms with Crippen LogP contribution in [-0.4, -0.2) is 84.0 Å². The first-order valence-electron chi connectivity index (χ1n) is 12.2. The van der Waals surface area contributed by atoms with Gasteiger partial charge in [-0.2, -0.15) is 0 Å². The van der Waals surface area contributed by atoms with Crippen molar-refractivity contribution in [2.75, 3.05) is 53.6 Å². The second-order valence-corrected chi connectivity index (χ2v) is 21.2. The summed E-state index contributed by atoms with van der Waals surface area (Å²) in [6, 6.07) is 0. The molecule has 202 valence electrons. The van der Waals surface area contributed by atoms with Crippen LogP contribution in [0.4, 0.5) is 0 Å². The van der Waals surface area contributed by atoms with E-state index in [2.05, 4.69) is 145 Å². The van der Waals surface area contributed by atoms with E-state index in [1.165, 1.54) is 12.3 Å². The number of hydrogen-bond donors (Lipinski definition) is 0. The van der Waals surface area contributed by atoms with Gasteiger partial charge in [0.05, 0.1) is 0 Å². The van der Waals surface area contributed by atoms with Crippen molar-refractivity contribution in [3.05, 3.63) is 24.3 Å². The summed E-state index contributed by atoms with van der Waals surface area (Å²) in [7, 11) is 8.49. The van der Waals surface area contributed by atoms with Gasteiger partial charge in [0.15, 0.2) is 0 Å². The fourth-order valence-electron chi connectivity index (χ4n) is 4.04. The molecule has 33 heavy (non-hydrogen) atoms. The Labute approximate surface area is 227 Å². The summed E-state index contributed by atoms with van der Waals surface area (Å²) in [6.07, 6.45) is 11.8. The van der Waals surface area contributed by atoms with Gasteiger partial charge < -0.3 is 9.80 Å². The minimum Gasteiger partial charge on any atom is -0.306 e. The molecule has 0 aliphatic rings. The van der Waals surface area contributed by atoms with E-state index in [0.29, 0.717) is 20.6 Å². The molecule has 0 aromatic heterocycles. The molecule has 0 aromatic carbocycles. The Balaban J connectivity index is -0.000000529. The number of hydrogen-bond acceptors (Lipinski definition) is 2. The summed E-state index contributed by atoms with van der Waals surface area (Å²) in [4.78, 5) is 4.40. The van der Waals surface area contributed by atoms with E-state index < -0.39 is 0 Å². The Morgan fingerprint density at radius 1 is 0.455 bits per heavy atom. The number of rotatable bonds is 8. The summed E-state index contributed by atoms with van der Waals surface area (Å²) in [5.41, 5.74) is 0. The average molecular weight is 593 g/mol. The fourth-order valence-corrected chi connectivity index (χ4v) is 11.0. The smallest absolute Gasteiger partial charge is 0.0157 e. The molecule has 0 fully saturated rings. The molecule has 0 N–H and O–H groups in total. The van der Waals surface area contributed by atoms with Crippen LogP contribution in [0.5, 0.6) is 0 Å². The Morgan fingerprint density at radius 3 is 0.818 bits per heavy atom. The van der Waals surface area contributed by atoms with Gasteiger partial charge in [-0.25, -0.2) is 0 Å². The minimum atomic E-state index is 0. The molecule has 0 aliphatic heterocycles. The van der Waals surface area contributed by atoms with Gasteiger partial charge in [0.2, 0.25) is 0 Å². The molecule has 0 spiro atoms. The van der Waals surface area contributed by atoms with Crippen molar-refractivity contribution in [2.24, 2.45) is 0 Å². The molecule has 5 heteroatoms. The Morgan fingerprint density at radius 2 is 0.667 bits per heavy atom. The van der Waals surface area contributed by atoms with Crippen LogP contribution in [0.2, 0.25) is 0 Å². The second-order valence-electron chi connectivity index (χ2n) is 13.4. The van der Waals surface area contributed by atoms with Crippen LogP contribution in [0.25, 0.3) is 0 Å². The van der Waals surface area contributed by atoms with E-state index in [4.69, 9.17) is 0 Å². The molecule has 0 unspecified atom stereocenters. The Hall–Kier alpha value is 0.922. The molecule has 0 saturated carbocycles. The van der Waals surface area contributed by atoms with E-state index >= 15 is 0 Å². The first kappa shape index (κ1) is 38.5. The van der Waals surface area contributed by atoms with Gasteiger partial charge in [-0.05, 0) is 61.1 Å². The summed E-state index contributed by atoms with van der Waals surface area (Å²) in [5, 5.41) is 1.76. The molecule has 0 saturated heterocycles. The average Bonchev–Trinajstić information content (AvgIpc) is 2.49. The molecular formula is C28H60N2P2Pd. The van der Waals surface area contributed by atoms with E-state index in [0.717, 1.165) is 13.1 Å². The van der Waals surface area contributed by atoms with Gasteiger partial charge in [0, 0.05) is 33.5 Å². The van der Waals surface area contributed by atoms with E-state index in [1.54, 1.807) is 0 Å². The van der Waals surface area contributed by atoms with Crippen LogP contribution < -0.4 is 0 Å². The van der Waals surface area contributed by atoms with Crippen molar-refractivity contribution in [1.82, 2.24) is 9.80 Å². The zero-order valence-electron chi connectivity index (χ0n) is 25.2. The molecule has 0 atom stereocenters. The number of likely N-dealkylation sites (N-methyl/N-ethyl adjacent to an activating group) is 2. The third-order valence-corrected chi connectivity index (χ3v) is 12.7. The van der Waals surface area contributed by atoms with Gasteiger partial charge >= 0.3 is 0 Å². The third-order valence-electron chi connectivity index (χ3n) is 5.09. The third kappa shape index (κ3) is 20.8. The molecule has 0 aromatic rings. The summed E-state index contributed by atoms with van der Waals surface area (Å²) < 4.78 is 0. The van der Waals surface area contributed by atoms with Crippen LogP contribution >= 0.6 is 15.8 Å². The monoisotopic (exact) mass is 592 g/mol. The van der Waals surface area contributed by atoms with E-state index in [1.807, 2.05) is 0 Å². The van der Waals surface area contributed by atoms with Gasteiger partial charge in [0.25, 0.3) is 0 Å². The SMILES string of the molecule is CN(C)CC=CCP(C(C)(C)C)C(C)(C)C.CN(C)CC=CCP(C(C)(C)C)C(C)(C)C.[Pd]. The maximum absolute atomic E-state index is 2.38. The van der Waals surface area contributed by atoms with Crippen molar-refractivity contribution < 1.29 is 20.4 Å². The molecule has 2 nitrogen and oxygen atoms in total. The number of allylic oxidation sites excluding steroid dienone is 2. The molecule has 0 rings (SSSR count). The summed E-state index contributed by atoms with van der Waals surface area (Å²) >= 11 is 0. The maximum atomic E-state index is 2.38. The Kier molecular flexibility index (Phi) is 19.4. The topological polar surface area (TPSA) is 6.48 Å². The van der Waals surface area contributed by atoms with Crippen LogP contribution in [0.3, 0.4) is 0 Å². The number of nitrogens with zero attached hydrogens (tertiary/aromatic N) is 2. The van der Waals surface area contributed by atoms with Crippen LogP contribution in [0.15, 0.2) is 24.3 Å². The molecule has 0 aliphatic carbocycles. The van der Waals surface area contributed by atoms with Gasteiger partial charge in [-0.15, -0.1) is 0 Å². The maximum Gasteiger partial charge on any atom is 0.0157 e. The normalized spacial score (nSPS) is 13.9. The van der Waals surface area contributed by atoms with Crippen LogP contribution in [-0.2, 0) is 20.4 Å². The summed E-state index contributed by atoms with van der Waals surface area (Å²) in [6.45, 7) is 30.7.